The number of carbonyl (C=O) groups is 2. The van der Waals surface area contributed by atoms with Gasteiger partial charge in [0.1, 0.15) is 6.04 Å². The van der Waals surface area contributed by atoms with Crippen LogP contribution in [0.25, 0.3) is 0 Å². The Balaban J connectivity index is 2.05. The van der Waals surface area contributed by atoms with Gasteiger partial charge < -0.3 is 10.2 Å². The first-order valence-electron chi connectivity index (χ1n) is 5.20. The molecule has 2 rings (SSSR count). The van der Waals surface area contributed by atoms with E-state index in [0.717, 1.165) is 19.4 Å². The van der Waals surface area contributed by atoms with Gasteiger partial charge in [0.2, 0.25) is 11.8 Å². The number of nitrogens with zero attached hydrogens (tertiary/aromatic N) is 1. The third-order valence-electron chi connectivity index (χ3n) is 3.28. The van der Waals surface area contributed by atoms with Crippen LogP contribution in [-0.4, -0.2) is 46.8 Å². The number of nitrogens with one attached hydrogen (secondary N) is 1. The zero-order valence-corrected chi connectivity index (χ0v) is 9.89. The second kappa shape index (κ2) is 3.70. The van der Waals surface area contributed by atoms with E-state index in [1.165, 1.54) is 0 Å². The number of carbonyl (C=O) groups excluding carboxylic acids is 2. The maximum atomic E-state index is 11.7. The van der Waals surface area contributed by atoms with Crippen LogP contribution in [0.1, 0.15) is 19.8 Å². The normalized spacial score (nSPS) is 28.9. The van der Waals surface area contributed by atoms with Gasteiger partial charge in [0.25, 0.3) is 0 Å². The fraction of sp³-hybridized carbons (Fsp3) is 0.800. The summed E-state index contributed by atoms with van der Waals surface area (Å²) < 4.78 is 0.238. The second-order valence-electron chi connectivity index (χ2n) is 4.30. The van der Waals surface area contributed by atoms with Gasteiger partial charge in [-0.2, -0.15) is 11.8 Å². The number of hydrogen-bond donors (Lipinski definition) is 1. The SMILES string of the molecule is CSC1(CN2C(=O)CNC(=O)C2C)CC1. The minimum Gasteiger partial charge on any atom is -0.345 e. The summed E-state index contributed by atoms with van der Waals surface area (Å²) in [5, 5.41) is 2.60. The molecule has 15 heavy (non-hydrogen) atoms. The largest absolute Gasteiger partial charge is 0.345 e. The summed E-state index contributed by atoms with van der Waals surface area (Å²) in [5.41, 5.74) is 0. The summed E-state index contributed by atoms with van der Waals surface area (Å²) in [5.74, 6) is 0.00827. The molecule has 2 aliphatic rings. The Kier molecular flexibility index (Phi) is 2.66. The zero-order chi connectivity index (χ0) is 11.1. The van der Waals surface area contributed by atoms with Crippen LogP contribution in [0.2, 0.25) is 0 Å². The van der Waals surface area contributed by atoms with Gasteiger partial charge in [-0.25, -0.2) is 0 Å². The van der Waals surface area contributed by atoms with E-state index >= 15 is 0 Å². The van der Waals surface area contributed by atoms with Crippen LogP contribution in [0.5, 0.6) is 0 Å². The number of piperazine rings is 1. The van der Waals surface area contributed by atoms with E-state index in [-0.39, 0.29) is 29.1 Å². The molecule has 1 aliphatic heterocycles. The number of rotatable bonds is 3. The van der Waals surface area contributed by atoms with Crippen molar-refractivity contribution in [1.29, 1.82) is 0 Å². The molecule has 1 unspecified atom stereocenters. The average molecular weight is 228 g/mol. The van der Waals surface area contributed by atoms with Crippen molar-refractivity contribution < 1.29 is 9.59 Å². The van der Waals surface area contributed by atoms with Crippen molar-refractivity contribution in [2.75, 3.05) is 19.3 Å². The zero-order valence-electron chi connectivity index (χ0n) is 9.08. The molecule has 0 radical (unpaired) electrons. The topological polar surface area (TPSA) is 49.4 Å². The molecule has 1 aliphatic carbocycles. The van der Waals surface area contributed by atoms with Crippen molar-refractivity contribution in [1.82, 2.24) is 10.2 Å². The lowest BCUT2D eigenvalue weighted by Crippen LogP contribution is -2.58. The Morgan fingerprint density at radius 3 is 2.73 bits per heavy atom. The van der Waals surface area contributed by atoms with Crippen molar-refractivity contribution >= 4 is 23.6 Å². The lowest BCUT2D eigenvalue weighted by atomic mass is 10.2. The summed E-state index contributed by atoms with van der Waals surface area (Å²) in [7, 11) is 0. The molecule has 0 aromatic carbocycles. The molecule has 1 saturated carbocycles. The van der Waals surface area contributed by atoms with Gasteiger partial charge in [0.15, 0.2) is 0 Å². The van der Waals surface area contributed by atoms with Gasteiger partial charge in [-0.1, -0.05) is 0 Å². The molecule has 4 nitrogen and oxygen atoms in total. The summed E-state index contributed by atoms with van der Waals surface area (Å²) in [6.45, 7) is 2.68. The lowest BCUT2D eigenvalue weighted by molar-refractivity contribution is -0.144. The molecule has 2 amide bonds. The number of amides is 2. The predicted molar refractivity (Wildman–Crippen MR) is 59.7 cm³/mol. The quantitative estimate of drug-likeness (QED) is 0.752. The fourth-order valence-corrected chi connectivity index (χ4v) is 2.65. The highest BCUT2D eigenvalue weighted by Crippen LogP contribution is 2.47. The molecule has 2 fully saturated rings. The van der Waals surface area contributed by atoms with Gasteiger partial charge >= 0.3 is 0 Å². The van der Waals surface area contributed by atoms with Crippen LogP contribution in [0.3, 0.4) is 0 Å². The third kappa shape index (κ3) is 1.97. The standard InChI is InChI=1S/C10H16N2O2S/c1-7-9(14)11-5-8(13)12(7)6-10(15-2)3-4-10/h7H,3-6H2,1-2H3,(H,11,14). The van der Waals surface area contributed by atoms with E-state index in [2.05, 4.69) is 11.6 Å². The second-order valence-corrected chi connectivity index (χ2v) is 5.58. The molecule has 5 heteroatoms. The molecule has 0 aromatic rings. The first-order chi connectivity index (χ1) is 7.08. The first kappa shape index (κ1) is 10.8. The maximum Gasteiger partial charge on any atom is 0.242 e. The minimum atomic E-state index is -0.309. The monoisotopic (exact) mass is 228 g/mol. The van der Waals surface area contributed by atoms with E-state index in [9.17, 15) is 9.59 Å². The lowest BCUT2D eigenvalue weighted by Gasteiger charge is -2.35. The number of thioether (sulfide) groups is 1. The summed E-state index contributed by atoms with van der Waals surface area (Å²) >= 11 is 1.81. The van der Waals surface area contributed by atoms with E-state index in [1.54, 1.807) is 11.8 Å². The van der Waals surface area contributed by atoms with Gasteiger partial charge in [-0.3, -0.25) is 9.59 Å². The van der Waals surface area contributed by atoms with Crippen molar-refractivity contribution in [2.45, 2.75) is 30.6 Å². The molecule has 0 aromatic heterocycles. The Labute approximate surface area is 93.8 Å². The smallest absolute Gasteiger partial charge is 0.242 e. The fourth-order valence-electron chi connectivity index (χ4n) is 1.87. The molecular formula is C10H16N2O2S. The molecule has 1 N–H and O–H groups in total. The van der Waals surface area contributed by atoms with Crippen molar-refractivity contribution in [3.8, 4) is 0 Å². The van der Waals surface area contributed by atoms with Crippen LogP contribution in [0.4, 0.5) is 0 Å². The Morgan fingerprint density at radius 1 is 1.53 bits per heavy atom. The highest BCUT2D eigenvalue weighted by Gasteiger charge is 2.46. The maximum absolute atomic E-state index is 11.7. The molecular weight excluding hydrogens is 212 g/mol. The van der Waals surface area contributed by atoms with E-state index in [0.29, 0.717) is 0 Å². The molecule has 1 heterocycles. The van der Waals surface area contributed by atoms with E-state index < -0.39 is 0 Å². The summed E-state index contributed by atoms with van der Waals surface area (Å²) in [6.07, 6.45) is 4.39. The van der Waals surface area contributed by atoms with Crippen LogP contribution < -0.4 is 5.32 Å². The van der Waals surface area contributed by atoms with Crippen molar-refractivity contribution in [2.24, 2.45) is 0 Å². The van der Waals surface area contributed by atoms with Crippen LogP contribution in [0, 0.1) is 0 Å². The Morgan fingerprint density at radius 2 is 2.20 bits per heavy atom. The van der Waals surface area contributed by atoms with Crippen molar-refractivity contribution in [3.63, 3.8) is 0 Å². The van der Waals surface area contributed by atoms with Gasteiger partial charge in [0, 0.05) is 11.3 Å². The highest BCUT2D eigenvalue weighted by atomic mass is 32.2. The molecule has 0 bridgehead atoms. The van der Waals surface area contributed by atoms with Gasteiger partial charge in [-0.05, 0) is 26.0 Å². The average Bonchev–Trinajstić information content (AvgIpc) is 3.00. The van der Waals surface area contributed by atoms with Gasteiger partial charge in [0.05, 0.1) is 6.54 Å². The molecule has 0 spiro atoms. The van der Waals surface area contributed by atoms with E-state index in [4.69, 9.17) is 0 Å². The highest BCUT2D eigenvalue weighted by molar-refractivity contribution is 8.00. The van der Waals surface area contributed by atoms with Crippen LogP contribution >= 0.6 is 11.8 Å². The summed E-state index contributed by atoms with van der Waals surface area (Å²) in [6, 6.07) is -0.309. The molecule has 1 saturated heterocycles. The molecule has 84 valence electrons. The number of hydrogen-bond acceptors (Lipinski definition) is 3. The Bertz CT molecular complexity index is 302. The summed E-state index contributed by atoms with van der Waals surface area (Å²) in [4.78, 5) is 24.8. The van der Waals surface area contributed by atoms with E-state index in [1.807, 2.05) is 11.8 Å². The predicted octanol–water partition coefficient (Wildman–Crippen LogP) is 0.229. The van der Waals surface area contributed by atoms with Crippen molar-refractivity contribution in [3.05, 3.63) is 0 Å². The molecule has 1 atom stereocenters. The first-order valence-corrected chi connectivity index (χ1v) is 6.43. The van der Waals surface area contributed by atoms with Crippen LogP contribution in [0.15, 0.2) is 0 Å². The third-order valence-corrected chi connectivity index (χ3v) is 4.68. The Hall–Kier alpha value is -0.710. The van der Waals surface area contributed by atoms with Crippen LogP contribution in [-0.2, 0) is 9.59 Å². The minimum absolute atomic E-state index is 0.0356. The van der Waals surface area contributed by atoms with Gasteiger partial charge in [-0.15, -0.1) is 0 Å².